The molecule has 0 spiro atoms. The van der Waals surface area contributed by atoms with Gasteiger partial charge in [-0.3, -0.25) is 4.79 Å². The van der Waals surface area contributed by atoms with Crippen LogP contribution in [0.15, 0.2) is 65.3 Å². The Hall–Kier alpha value is -4.11. The van der Waals surface area contributed by atoms with Crippen LogP contribution in [0, 0.1) is 18.8 Å². The number of rotatable bonds is 3. The summed E-state index contributed by atoms with van der Waals surface area (Å²) in [5.74, 6) is 7.30. The largest absolute Gasteiger partial charge is 0.366 e. The molecule has 1 saturated heterocycles. The van der Waals surface area contributed by atoms with Crippen molar-refractivity contribution in [2.75, 3.05) is 36.0 Å². The van der Waals surface area contributed by atoms with Crippen LogP contribution in [-0.4, -0.2) is 42.6 Å². The number of para-hydroxylation sites is 1. The van der Waals surface area contributed by atoms with Crippen LogP contribution >= 0.6 is 0 Å². The van der Waals surface area contributed by atoms with Crippen LogP contribution in [0.1, 0.15) is 27.2 Å². The van der Waals surface area contributed by atoms with Crippen molar-refractivity contribution in [3.05, 3.63) is 83.2 Å². The third-order valence-electron chi connectivity index (χ3n) is 5.78. The summed E-state index contributed by atoms with van der Waals surface area (Å²) >= 11 is 0. The Balaban J connectivity index is 1.44. The van der Waals surface area contributed by atoms with Crippen LogP contribution in [0.4, 0.5) is 11.5 Å². The van der Waals surface area contributed by atoms with E-state index in [1.54, 1.807) is 6.20 Å². The fraction of sp³-hybridized carbons (Fsp3) is 0.192. The molecule has 2 aromatic carbocycles. The lowest BCUT2D eigenvalue weighted by Crippen LogP contribution is -2.47. The molecule has 0 N–H and O–H groups in total. The van der Waals surface area contributed by atoms with E-state index in [1.807, 2.05) is 61.5 Å². The third-order valence-corrected chi connectivity index (χ3v) is 5.78. The fourth-order valence-corrected chi connectivity index (χ4v) is 4.11. The lowest BCUT2D eigenvalue weighted by atomic mass is 10.0. The van der Waals surface area contributed by atoms with Crippen LogP contribution in [0.2, 0.25) is 0 Å². The molecule has 0 atom stereocenters. The minimum Gasteiger partial charge on any atom is -0.366 e. The van der Waals surface area contributed by atoms with E-state index < -0.39 is 0 Å². The van der Waals surface area contributed by atoms with Gasteiger partial charge < -0.3 is 14.3 Å². The summed E-state index contributed by atoms with van der Waals surface area (Å²) in [4.78, 5) is 20.7. The van der Waals surface area contributed by atoms with Crippen molar-refractivity contribution in [3.8, 4) is 11.8 Å². The highest BCUT2D eigenvalue weighted by atomic mass is 16.5. The SMILES string of the molecule is Cc1ccc(C=O)c(N2CCN(c3noc4ccccc34)CC2)c1C#Cc1ccccn1. The van der Waals surface area contributed by atoms with Crippen molar-refractivity contribution in [3.63, 3.8) is 0 Å². The Kier molecular flexibility index (Phi) is 5.30. The molecule has 4 aromatic rings. The molecule has 158 valence electrons. The highest BCUT2D eigenvalue weighted by Crippen LogP contribution is 2.31. The van der Waals surface area contributed by atoms with E-state index in [4.69, 9.17) is 4.52 Å². The number of aromatic nitrogens is 2. The standard InChI is InChI=1S/C26H22N4O2/c1-19-9-10-20(18-31)25(22(19)12-11-21-6-4-5-13-27-21)29-14-16-30(17-15-29)26-23-7-2-3-8-24(23)32-28-26/h2-10,13,18H,14-17H2,1H3. The van der Waals surface area contributed by atoms with Crippen LogP contribution < -0.4 is 9.80 Å². The Labute approximate surface area is 186 Å². The van der Waals surface area contributed by atoms with Gasteiger partial charge in [-0.1, -0.05) is 35.3 Å². The fourth-order valence-electron chi connectivity index (χ4n) is 4.11. The van der Waals surface area contributed by atoms with Crippen LogP contribution in [-0.2, 0) is 0 Å². The molecular weight excluding hydrogens is 400 g/mol. The Bertz CT molecular complexity index is 1330. The van der Waals surface area contributed by atoms with Crippen molar-refractivity contribution in [2.45, 2.75) is 6.92 Å². The van der Waals surface area contributed by atoms with Crippen LogP contribution in [0.25, 0.3) is 11.0 Å². The summed E-state index contributed by atoms with van der Waals surface area (Å²) in [6.45, 7) is 5.08. The molecule has 0 unspecified atom stereocenters. The summed E-state index contributed by atoms with van der Waals surface area (Å²) in [6, 6.07) is 17.4. The molecule has 1 aliphatic rings. The quantitative estimate of drug-likeness (QED) is 0.366. The van der Waals surface area contributed by atoms with E-state index in [2.05, 4.69) is 31.8 Å². The molecule has 1 fully saturated rings. The Morgan fingerprint density at radius 2 is 1.72 bits per heavy atom. The van der Waals surface area contributed by atoms with Gasteiger partial charge in [-0.25, -0.2) is 4.98 Å². The molecule has 6 heteroatoms. The van der Waals surface area contributed by atoms with Gasteiger partial charge in [-0.2, -0.15) is 0 Å². The normalized spacial score (nSPS) is 13.7. The van der Waals surface area contributed by atoms with Gasteiger partial charge in [0, 0.05) is 37.9 Å². The molecule has 0 bridgehead atoms. The number of aldehydes is 1. The predicted octanol–water partition coefficient (Wildman–Crippen LogP) is 4.07. The van der Waals surface area contributed by atoms with Crippen LogP contribution in [0.5, 0.6) is 0 Å². The lowest BCUT2D eigenvalue weighted by Gasteiger charge is -2.37. The monoisotopic (exact) mass is 422 g/mol. The van der Waals surface area contributed by atoms with E-state index in [0.717, 1.165) is 66.1 Å². The van der Waals surface area contributed by atoms with E-state index >= 15 is 0 Å². The van der Waals surface area contributed by atoms with E-state index in [1.165, 1.54) is 0 Å². The smallest absolute Gasteiger partial charge is 0.180 e. The number of anilines is 2. The molecular formula is C26H22N4O2. The Morgan fingerprint density at radius 1 is 0.938 bits per heavy atom. The van der Waals surface area contributed by atoms with Crippen LogP contribution in [0.3, 0.4) is 0 Å². The van der Waals surface area contributed by atoms with E-state index in [-0.39, 0.29) is 0 Å². The molecule has 0 radical (unpaired) electrons. The zero-order valence-corrected chi connectivity index (χ0v) is 17.8. The summed E-state index contributed by atoms with van der Waals surface area (Å²) in [7, 11) is 0. The number of carbonyl (C=O) groups excluding carboxylic acids is 1. The number of benzene rings is 2. The Morgan fingerprint density at radius 3 is 2.50 bits per heavy atom. The second-order valence-corrected chi connectivity index (χ2v) is 7.75. The lowest BCUT2D eigenvalue weighted by molar-refractivity contribution is 0.112. The number of hydrogen-bond donors (Lipinski definition) is 0. The number of nitrogens with zero attached hydrogens (tertiary/aromatic N) is 4. The van der Waals surface area contributed by atoms with Crippen molar-refractivity contribution >= 4 is 28.8 Å². The highest BCUT2D eigenvalue weighted by Gasteiger charge is 2.25. The maximum Gasteiger partial charge on any atom is 0.180 e. The van der Waals surface area contributed by atoms with Gasteiger partial charge in [0.2, 0.25) is 0 Å². The van der Waals surface area contributed by atoms with Gasteiger partial charge >= 0.3 is 0 Å². The average Bonchev–Trinajstić information content (AvgIpc) is 3.28. The van der Waals surface area contributed by atoms with Crippen molar-refractivity contribution in [1.82, 2.24) is 10.1 Å². The first kappa shape index (κ1) is 19.8. The maximum absolute atomic E-state index is 11.9. The third kappa shape index (κ3) is 3.69. The topological polar surface area (TPSA) is 62.5 Å². The first-order chi connectivity index (χ1) is 15.7. The molecule has 1 aliphatic heterocycles. The average molecular weight is 422 g/mol. The van der Waals surface area contributed by atoms with Gasteiger partial charge in [-0.15, -0.1) is 0 Å². The second-order valence-electron chi connectivity index (χ2n) is 7.75. The number of piperazine rings is 1. The second kappa shape index (κ2) is 8.56. The minimum atomic E-state index is 0.654. The summed E-state index contributed by atoms with van der Waals surface area (Å²) in [5, 5.41) is 5.31. The number of aryl methyl sites for hydroxylation is 1. The molecule has 0 saturated carbocycles. The van der Waals surface area contributed by atoms with Gasteiger partial charge in [0.25, 0.3) is 0 Å². The number of pyridine rings is 1. The molecule has 5 rings (SSSR count). The van der Waals surface area contributed by atoms with Crippen molar-refractivity contribution in [1.29, 1.82) is 0 Å². The molecule has 0 amide bonds. The minimum absolute atomic E-state index is 0.654. The zero-order chi connectivity index (χ0) is 21.9. The summed E-state index contributed by atoms with van der Waals surface area (Å²) in [5.41, 5.74) is 4.96. The van der Waals surface area contributed by atoms with Gasteiger partial charge in [0.05, 0.1) is 16.6 Å². The van der Waals surface area contributed by atoms with Gasteiger partial charge in [0.1, 0.15) is 5.69 Å². The van der Waals surface area contributed by atoms with E-state index in [9.17, 15) is 4.79 Å². The first-order valence-electron chi connectivity index (χ1n) is 10.6. The summed E-state index contributed by atoms with van der Waals surface area (Å²) in [6.07, 6.45) is 2.64. The number of hydrogen-bond acceptors (Lipinski definition) is 6. The van der Waals surface area contributed by atoms with Gasteiger partial charge in [-0.05, 0) is 48.7 Å². The van der Waals surface area contributed by atoms with Gasteiger partial charge in [0.15, 0.2) is 17.7 Å². The first-order valence-corrected chi connectivity index (χ1v) is 10.6. The summed E-state index contributed by atoms with van der Waals surface area (Å²) < 4.78 is 5.48. The molecule has 32 heavy (non-hydrogen) atoms. The molecule has 3 heterocycles. The maximum atomic E-state index is 11.9. The van der Waals surface area contributed by atoms with E-state index in [0.29, 0.717) is 11.3 Å². The number of carbonyl (C=O) groups is 1. The molecule has 6 nitrogen and oxygen atoms in total. The highest BCUT2D eigenvalue weighted by molar-refractivity contribution is 5.90. The van der Waals surface area contributed by atoms with Crippen molar-refractivity contribution in [2.24, 2.45) is 0 Å². The number of fused-ring (bicyclic) bond motifs is 1. The van der Waals surface area contributed by atoms with Crippen molar-refractivity contribution < 1.29 is 9.32 Å². The molecule has 0 aliphatic carbocycles. The predicted molar refractivity (Wildman–Crippen MR) is 125 cm³/mol. The molecule has 2 aromatic heterocycles. The zero-order valence-electron chi connectivity index (χ0n) is 17.8.